The number of hydrogen-bond donors (Lipinski definition) is 2. The van der Waals surface area contributed by atoms with Gasteiger partial charge in [-0.3, -0.25) is 0 Å². The van der Waals surface area contributed by atoms with E-state index in [9.17, 15) is 19.8 Å². The molecule has 0 aromatic rings. The van der Waals surface area contributed by atoms with Crippen molar-refractivity contribution < 1.29 is 24.5 Å². The highest BCUT2D eigenvalue weighted by Gasteiger charge is 1.70. The number of carboxylic acid groups (broad SMARTS) is 2. The van der Waals surface area contributed by atoms with Crippen molar-refractivity contribution in [2.45, 2.75) is 0 Å². The quantitative estimate of drug-likeness (QED) is 0.428. The zero-order valence-electron chi connectivity index (χ0n) is 8.48. The van der Waals surface area contributed by atoms with Crippen LogP contribution in [-0.4, -0.2) is 19.0 Å². The summed E-state index contributed by atoms with van der Waals surface area (Å²) >= 11 is 0. The van der Waals surface area contributed by atoms with E-state index in [2.05, 4.69) is 11.3 Å². The molecule has 0 bridgehead atoms. The van der Waals surface area contributed by atoms with Gasteiger partial charge in [0, 0.05) is 0 Å². The number of aliphatic carboxylic acids is 2. The van der Waals surface area contributed by atoms with Gasteiger partial charge in [0.25, 0.3) is 0 Å². The molecule has 7 nitrogen and oxygen atoms in total. The van der Waals surface area contributed by atoms with Gasteiger partial charge in [-0.1, -0.05) is 6.58 Å². The summed E-state index contributed by atoms with van der Waals surface area (Å²) in [6, 6.07) is 0. The highest BCUT2D eigenvalue weighted by molar-refractivity contribution is 5.87. The number of carbonyl (C=O) groups is 2. The fourth-order valence-electron chi connectivity index (χ4n) is 0.136. The number of carbonyl (C=O) groups excluding carboxylic acids is 2. The molecule has 0 atom stereocenters. The van der Waals surface area contributed by atoms with Crippen LogP contribution in [0.1, 0.15) is 0 Å². The second-order valence-corrected chi connectivity index (χ2v) is 1.37. The van der Waals surface area contributed by atoms with Crippen LogP contribution in [0.15, 0.2) is 25.0 Å². The number of carboxylic acids is 2. The summed E-state index contributed by atoms with van der Waals surface area (Å²) in [5.74, 6) is -3.09. The van der Waals surface area contributed by atoms with Crippen LogP contribution in [0.4, 0.5) is 0 Å². The summed E-state index contributed by atoms with van der Waals surface area (Å²) in [4.78, 5) is 18.8. The summed E-state index contributed by atoms with van der Waals surface area (Å²) in [6.45, 7) is 3.26. The average molecular weight is 208 g/mol. The highest BCUT2D eigenvalue weighted by Crippen LogP contribution is 1.64. The molecule has 0 spiro atoms. The molecule has 0 fully saturated rings. The van der Waals surface area contributed by atoms with Crippen LogP contribution >= 0.6 is 0 Å². The summed E-state index contributed by atoms with van der Waals surface area (Å²) in [6.07, 6.45) is 2.14. The van der Waals surface area contributed by atoms with E-state index in [4.69, 9.17) is 0 Å². The zero-order chi connectivity index (χ0) is 9.98. The lowest BCUT2D eigenvalue weighted by molar-refractivity contribution is -0.301. The maximum absolute atomic E-state index is 9.41. The number of rotatable bonds is 3. The van der Waals surface area contributed by atoms with E-state index in [1.165, 1.54) is 6.26 Å². The number of quaternary nitrogens is 2. The first kappa shape index (κ1) is 22.7. The largest absolute Gasteiger partial charge is 0.545 e. The molecule has 0 aromatic carbocycles. The van der Waals surface area contributed by atoms with Crippen molar-refractivity contribution in [1.82, 2.24) is 12.3 Å². The number of hydrogen-bond acceptors (Lipinski definition) is 5. The van der Waals surface area contributed by atoms with E-state index in [1.807, 2.05) is 0 Å². The van der Waals surface area contributed by atoms with Crippen molar-refractivity contribution in [3.63, 3.8) is 0 Å². The highest BCUT2D eigenvalue weighted by atomic mass is 16.5. The van der Waals surface area contributed by atoms with Crippen molar-refractivity contribution in [1.29, 1.82) is 0 Å². The van der Waals surface area contributed by atoms with Crippen molar-refractivity contribution in [2.24, 2.45) is 0 Å². The molecule has 0 amide bonds. The fraction of sp³-hybridized carbons (Fsp3) is 0.143. The fourth-order valence-corrected chi connectivity index (χ4v) is 0.136. The van der Waals surface area contributed by atoms with E-state index in [1.54, 1.807) is 7.11 Å². The predicted octanol–water partition coefficient (Wildman–Crippen LogP) is -1.43. The van der Waals surface area contributed by atoms with Crippen LogP contribution in [0.3, 0.4) is 0 Å². The van der Waals surface area contributed by atoms with Crippen molar-refractivity contribution in [3.8, 4) is 0 Å². The van der Waals surface area contributed by atoms with Crippen LogP contribution in [-0.2, 0) is 14.3 Å². The molecule has 0 radical (unpaired) electrons. The maximum Gasteiger partial charge on any atom is 0.0766 e. The number of ether oxygens (including phenoxy) is 1. The Bertz CT molecular complexity index is 175. The molecule has 0 aliphatic rings. The molecule has 0 rings (SSSR count). The minimum Gasteiger partial charge on any atom is -0.545 e. The Hall–Kier alpha value is -1.86. The normalized spacial score (nSPS) is 6.93. The topological polar surface area (TPSA) is 162 Å². The Labute approximate surface area is 81.9 Å². The van der Waals surface area contributed by atoms with Crippen molar-refractivity contribution >= 4 is 11.9 Å². The van der Waals surface area contributed by atoms with Gasteiger partial charge in [0.15, 0.2) is 0 Å². The number of methoxy groups -OCH3 is 1. The molecule has 0 saturated heterocycles. The third-order valence-corrected chi connectivity index (χ3v) is 0.522. The molecule has 7 heteroatoms. The smallest absolute Gasteiger partial charge is 0.0766 e. The van der Waals surface area contributed by atoms with Crippen LogP contribution in [0.5, 0.6) is 0 Å². The van der Waals surface area contributed by atoms with Crippen LogP contribution in [0.2, 0.25) is 0 Å². The Kier molecular flexibility index (Phi) is 28.1. The SMILES string of the molecule is C=COC.O=C([O-])C=CC(=O)[O-].[NH4+].[NH4+]. The molecule has 0 aliphatic heterocycles. The summed E-state index contributed by atoms with van der Waals surface area (Å²) in [7, 11) is 1.56. The Morgan fingerprint density at radius 1 is 1.14 bits per heavy atom. The lowest BCUT2D eigenvalue weighted by Crippen LogP contribution is -2.23. The second kappa shape index (κ2) is 17.3. The van der Waals surface area contributed by atoms with Crippen molar-refractivity contribution in [3.05, 3.63) is 25.0 Å². The lowest BCUT2D eigenvalue weighted by Gasteiger charge is -1.90. The van der Waals surface area contributed by atoms with Crippen LogP contribution in [0, 0.1) is 0 Å². The molecule has 84 valence electrons. The van der Waals surface area contributed by atoms with E-state index < -0.39 is 11.9 Å². The summed E-state index contributed by atoms with van der Waals surface area (Å²) in [5.41, 5.74) is 0. The predicted molar refractivity (Wildman–Crippen MR) is 48.3 cm³/mol. The third-order valence-electron chi connectivity index (χ3n) is 0.522. The molecule has 0 heterocycles. The molecule has 0 aromatic heterocycles. The van der Waals surface area contributed by atoms with Gasteiger partial charge in [-0.2, -0.15) is 0 Å². The van der Waals surface area contributed by atoms with E-state index in [-0.39, 0.29) is 12.3 Å². The van der Waals surface area contributed by atoms with E-state index in [0.717, 1.165) is 0 Å². The van der Waals surface area contributed by atoms with Gasteiger partial charge in [-0.15, -0.1) is 0 Å². The van der Waals surface area contributed by atoms with E-state index in [0.29, 0.717) is 12.2 Å². The zero-order valence-corrected chi connectivity index (χ0v) is 8.48. The van der Waals surface area contributed by atoms with Gasteiger partial charge in [0.05, 0.1) is 25.3 Å². The van der Waals surface area contributed by atoms with E-state index >= 15 is 0 Å². The molecule has 8 N–H and O–H groups in total. The first-order valence-electron chi connectivity index (χ1n) is 2.78. The summed E-state index contributed by atoms with van der Waals surface area (Å²) < 4.78 is 4.31. The Morgan fingerprint density at radius 2 is 1.36 bits per heavy atom. The molecular formula is C7H16N2O5. The third kappa shape index (κ3) is 49.4. The van der Waals surface area contributed by atoms with Gasteiger partial charge in [-0.25, -0.2) is 0 Å². The van der Waals surface area contributed by atoms with Gasteiger partial charge in [-0.05, 0) is 12.2 Å². The van der Waals surface area contributed by atoms with Gasteiger partial charge in [0.2, 0.25) is 0 Å². The van der Waals surface area contributed by atoms with Crippen LogP contribution < -0.4 is 22.5 Å². The monoisotopic (exact) mass is 208 g/mol. The van der Waals surface area contributed by atoms with Crippen molar-refractivity contribution in [2.75, 3.05) is 7.11 Å². The minimum absolute atomic E-state index is 0. The molecule has 0 aliphatic carbocycles. The van der Waals surface area contributed by atoms with Gasteiger partial charge in [0.1, 0.15) is 0 Å². The molecule has 14 heavy (non-hydrogen) atoms. The maximum atomic E-state index is 9.41. The Balaban J connectivity index is -0.0000000733. The first-order valence-corrected chi connectivity index (χ1v) is 2.78. The van der Waals surface area contributed by atoms with Gasteiger partial charge < -0.3 is 36.8 Å². The van der Waals surface area contributed by atoms with Gasteiger partial charge >= 0.3 is 0 Å². The average Bonchev–Trinajstić information content (AvgIpc) is 2.01. The molecule has 0 saturated carbocycles. The minimum atomic E-state index is -1.55. The lowest BCUT2D eigenvalue weighted by atomic mass is 10.5. The Morgan fingerprint density at radius 3 is 1.43 bits per heavy atom. The molecular weight excluding hydrogens is 192 g/mol. The molecule has 0 unspecified atom stereocenters. The van der Waals surface area contributed by atoms with Crippen LogP contribution in [0.25, 0.3) is 0 Å². The second-order valence-electron chi connectivity index (χ2n) is 1.37. The first-order chi connectivity index (χ1) is 5.54. The summed E-state index contributed by atoms with van der Waals surface area (Å²) in [5, 5.41) is 18.8. The standard InChI is InChI=1S/C4H4O4.C3H6O.2H3N/c5-3(6)1-2-4(7)8;1-3-4-2;;/h1-2H,(H,5,6)(H,7,8);3H,1H2,2H3;2*1H3.